The second kappa shape index (κ2) is 6.15. The molecule has 0 aromatic heterocycles. The Morgan fingerprint density at radius 2 is 1.95 bits per heavy atom. The molecule has 0 heterocycles. The molecule has 4 nitrogen and oxygen atoms in total. The van der Waals surface area contributed by atoms with E-state index in [4.69, 9.17) is 0 Å². The second-order valence-corrected chi connectivity index (χ2v) is 6.25. The van der Waals surface area contributed by atoms with Crippen molar-refractivity contribution in [2.24, 2.45) is 11.3 Å². The minimum atomic E-state index is -0.353. The third kappa shape index (κ3) is 4.63. The van der Waals surface area contributed by atoms with Crippen LogP contribution in [0.3, 0.4) is 0 Å². The van der Waals surface area contributed by atoms with Crippen LogP contribution in [0.15, 0.2) is 24.3 Å². The summed E-state index contributed by atoms with van der Waals surface area (Å²) in [6, 6.07) is 6.93. The van der Waals surface area contributed by atoms with E-state index in [1.807, 2.05) is 13.0 Å². The molecule has 0 radical (unpaired) electrons. The average Bonchev–Trinajstić information content (AvgIpc) is 2.34. The third-order valence-electron chi connectivity index (χ3n) is 3.79. The predicted octanol–water partition coefficient (Wildman–Crippen LogP) is 3.93. The van der Waals surface area contributed by atoms with E-state index in [0.717, 1.165) is 12.1 Å². The van der Waals surface area contributed by atoms with Gasteiger partial charge in [-0.1, -0.05) is 39.8 Å². The van der Waals surface area contributed by atoms with Crippen LogP contribution in [0, 0.1) is 21.4 Å². The van der Waals surface area contributed by atoms with Gasteiger partial charge in [-0.3, -0.25) is 10.1 Å². The molecule has 0 saturated carbocycles. The monoisotopic (exact) mass is 264 g/mol. The number of hydrogen-bond acceptors (Lipinski definition) is 3. The van der Waals surface area contributed by atoms with Gasteiger partial charge in [0, 0.05) is 18.2 Å². The molecule has 1 aromatic rings. The van der Waals surface area contributed by atoms with E-state index in [0.29, 0.717) is 5.92 Å². The zero-order valence-corrected chi connectivity index (χ0v) is 12.4. The summed E-state index contributed by atoms with van der Waals surface area (Å²) in [6.07, 6.45) is 0. The summed E-state index contributed by atoms with van der Waals surface area (Å²) >= 11 is 0. The Labute approximate surface area is 115 Å². The van der Waals surface area contributed by atoms with Crippen molar-refractivity contribution in [3.63, 3.8) is 0 Å². The Morgan fingerprint density at radius 3 is 2.47 bits per heavy atom. The van der Waals surface area contributed by atoms with Crippen molar-refractivity contribution in [1.82, 2.24) is 5.32 Å². The van der Waals surface area contributed by atoms with Gasteiger partial charge in [0.1, 0.15) is 0 Å². The van der Waals surface area contributed by atoms with Crippen LogP contribution < -0.4 is 5.32 Å². The van der Waals surface area contributed by atoms with Crippen molar-refractivity contribution >= 4 is 5.69 Å². The molecule has 0 aliphatic carbocycles. The van der Waals surface area contributed by atoms with Gasteiger partial charge in [0.15, 0.2) is 0 Å². The molecule has 4 heteroatoms. The molecule has 0 fully saturated rings. The first kappa shape index (κ1) is 15.6. The molecule has 1 N–H and O–H groups in total. The maximum atomic E-state index is 10.8. The molecule has 106 valence electrons. The van der Waals surface area contributed by atoms with Crippen LogP contribution in [0.25, 0.3) is 0 Å². The van der Waals surface area contributed by atoms with E-state index in [2.05, 4.69) is 33.0 Å². The van der Waals surface area contributed by atoms with E-state index in [1.54, 1.807) is 12.1 Å². The first-order chi connectivity index (χ1) is 8.71. The van der Waals surface area contributed by atoms with Crippen molar-refractivity contribution < 1.29 is 4.92 Å². The van der Waals surface area contributed by atoms with Crippen molar-refractivity contribution in [3.05, 3.63) is 39.9 Å². The maximum Gasteiger partial charge on any atom is 0.269 e. The van der Waals surface area contributed by atoms with Crippen molar-refractivity contribution in [2.75, 3.05) is 6.54 Å². The summed E-state index contributed by atoms with van der Waals surface area (Å²) in [4.78, 5) is 10.4. The Balaban J connectivity index is 2.66. The predicted molar refractivity (Wildman–Crippen MR) is 78.1 cm³/mol. The van der Waals surface area contributed by atoms with Crippen LogP contribution >= 0.6 is 0 Å². The van der Waals surface area contributed by atoms with Gasteiger partial charge in [-0.05, 0) is 30.4 Å². The number of nitrogens with one attached hydrogen (secondary N) is 1. The minimum absolute atomic E-state index is 0.115. The Hall–Kier alpha value is -1.42. The zero-order chi connectivity index (χ0) is 14.6. The second-order valence-electron chi connectivity index (χ2n) is 6.25. The number of benzene rings is 1. The summed E-state index contributed by atoms with van der Waals surface area (Å²) in [7, 11) is 0. The molecule has 0 spiro atoms. The van der Waals surface area contributed by atoms with Crippen LogP contribution in [0.4, 0.5) is 5.69 Å². The lowest BCUT2D eigenvalue weighted by Gasteiger charge is -2.29. The Morgan fingerprint density at radius 1 is 1.32 bits per heavy atom. The lowest BCUT2D eigenvalue weighted by molar-refractivity contribution is -0.384. The fourth-order valence-corrected chi connectivity index (χ4v) is 1.69. The highest BCUT2D eigenvalue weighted by atomic mass is 16.6. The topological polar surface area (TPSA) is 55.2 Å². The maximum absolute atomic E-state index is 10.8. The summed E-state index contributed by atoms with van der Waals surface area (Å²) in [5.74, 6) is 0.536. The minimum Gasteiger partial charge on any atom is -0.310 e. The highest BCUT2D eigenvalue weighted by molar-refractivity contribution is 5.35. The summed E-state index contributed by atoms with van der Waals surface area (Å²) in [6.45, 7) is 11.8. The van der Waals surface area contributed by atoms with E-state index in [1.165, 1.54) is 6.07 Å². The van der Waals surface area contributed by atoms with Crippen molar-refractivity contribution in [2.45, 2.75) is 40.7 Å². The van der Waals surface area contributed by atoms with E-state index in [9.17, 15) is 10.1 Å². The van der Waals surface area contributed by atoms with Gasteiger partial charge >= 0.3 is 0 Å². The first-order valence-corrected chi connectivity index (χ1v) is 6.69. The molecule has 1 rings (SSSR count). The zero-order valence-electron chi connectivity index (χ0n) is 12.4. The summed E-state index contributed by atoms with van der Waals surface area (Å²) in [5.41, 5.74) is 1.36. The molecule has 2 unspecified atom stereocenters. The average molecular weight is 264 g/mol. The van der Waals surface area contributed by atoms with Gasteiger partial charge in [0.25, 0.3) is 5.69 Å². The number of rotatable bonds is 5. The summed E-state index contributed by atoms with van der Waals surface area (Å²) in [5, 5.41) is 14.2. The van der Waals surface area contributed by atoms with Gasteiger partial charge in [-0.15, -0.1) is 0 Å². The SMILES string of the molecule is CC(NCC(C)C(C)(C)C)c1cccc([N+](=O)[O-])c1. The van der Waals surface area contributed by atoms with E-state index in [-0.39, 0.29) is 22.1 Å². The van der Waals surface area contributed by atoms with Crippen LogP contribution in [-0.4, -0.2) is 11.5 Å². The standard InChI is InChI=1S/C15H24N2O2/c1-11(15(3,4)5)10-16-12(2)13-7-6-8-14(9-13)17(18)19/h6-9,11-12,16H,10H2,1-5H3. The van der Waals surface area contributed by atoms with Crippen LogP contribution in [-0.2, 0) is 0 Å². The van der Waals surface area contributed by atoms with Crippen molar-refractivity contribution in [1.29, 1.82) is 0 Å². The molecular formula is C15H24N2O2. The molecule has 19 heavy (non-hydrogen) atoms. The van der Waals surface area contributed by atoms with Gasteiger partial charge < -0.3 is 5.32 Å². The van der Waals surface area contributed by atoms with Gasteiger partial charge in [-0.25, -0.2) is 0 Å². The quantitative estimate of drug-likeness (QED) is 0.647. The number of nitro benzene ring substituents is 1. The fourth-order valence-electron chi connectivity index (χ4n) is 1.69. The molecular weight excluding hydrogens is 240 g/mol. The van der Waals surface area contributed by atoms with Crippen molar-refractivity contribution in [3.8, 4) is 0 Å². The molecule has 2 atom stereocenters. The molecule has 0 bridgehead atoms. The van der Waals surface area contributed by atoms with Gasteiger partial charge in [-0.2, -0.15) is 0 Å². The number of non-ortho nitro benzene ring substituents is 1. The van der Waals surface area contributed by atoms with E-state index < -0.39 is 0 Å². The number of nitro groups is 1. The smallest absolute Gasteiger partial charge is 0.269 e. The third-order valence-corrected chi connectivity index (χ3v) is 3.79. The molecule has 0 aliphatic rings. The molecule has 0 saturated heterocycles. The normalized spacial score (nSPS) is 15.0. The molecule has 0 amide bonds. The van der Waals surface area contributed by atoms with Crippen LogP contribution in [0.1, 0.15) is 46.2 Å². The number of nitrogens with zero attached hydrogens (tertiary/aromatic N) is 1. The lowest BCUT2D eigenvalue weighted by atomic mass is 9.82. The van der Waals surface area contributed by atoms with Gasteiger partial charge in [0.2, 0.25) is 0 Å². The molecule has 0 aliphatic heterocycles. The van der Waals surface area contributed by atoms with Crippen LogP contribution in [0.2, 0.25) is 0 Å². The highest BCUT2D eigenvalue weighted by Gasteiger charge is 2.20. The van der Waals surface area contributed by atoms with Crippen LogP contribution in [0.5, 0.6) is 0 Å². The molecule has 1 aromatic carbocycles. The highest BCUT2D eigenvalue weighted by Crippen LogP contribution is 2.25. The fraction of sp³-hybridized carbons (Fsp3) is 0.600. The van der Waals surface area contributed by atoms with Gasteiger partial charge in [0.05, 0.1) is 4.92 Å². The first-order valence-electron chi connectivity index (χ1n) is 6.69. The number of hydrogen-bond donors (Lipinski definition) is 1. The Bertz CT molecular complexity index is 438. The summed E-state index contributed by atoms with van der Waals surface area (Å²) < 4.78 is 0. The Kier molecular flexibility index (Phi) is 5.06. The van der Waals surface area contributed by atoms with E-state index >= 15 is 0 Å². The largest absolute Gasteiger partial charge is 0.310 e. The lowest BCUT2D eigenvalue weighted by Crippen LogP contribution is -2.31.